The van der Waals surface area contributed by atoms with Gasteiger partial charge in [0.05, 0.1) is 5.52 Å². The van der Waals surface area contributed by atoms with Crippen molar-refractivity contribution in [1.82, 2.24) is 9.97 Å². The normalized spacial score (nSPS) is 10.8. The molecule has 0 aliphatic rings. The Morgan fingerprint density at radius 1 is 1.05 bits per heavy atom. The topological polar surface area (TPSA) is 51.8 Å². The van der Waals surface area contributed by atoms with Crippen LogP contribution in [0.3, 0.4) is 0 Å². The molecule has 1 aromatic heterocycles. The van der Waals surface area contributed by atoms with Gasteiger partial charge in [-0.1, -0.05) is 29.5 Å². The molecule has 0 radical (unpaired) electrons. The summed E-state index contributed by atoms with van der Waals surface area (Å²) in [7, 11) is 0. The van der Waals surface area contributed by atoms with Crippen molar-refractivity contribution in [1.29, 1.82) is 0 Å². The highest BCUT2D eigenvalue weighted by molar-refractivity contribution is 7.99. The van der Waals surface area contributed by atoms with Crippen LogP contribution in [0, 0.1) is 6.92 Å². The molecule has 0 saturated carbocycles. The van der Waals surface area contributed by atoms with E-state index < -0.39 is 0 Å². The Morgan fingerprint density at radius 2 is 1.95 bits per heavy atom. The van der Waals surface area contributed by atoms with Crippen molar-refractivity contribution in [3.05, 3.63) is 54.4 Å². The van der Waals surface area contributed by atoms with Crippen molar-refractivity contribution in [2.75, 3.05) is 5.73 Å². The van der Waals surface area contributed by atoms with Gasteiger partial charge in [-0.25, -0.2) is 9.97 Å². The van der Waals surface area contributed by atoms with E-state index in [0.29, 0.717) is 0 Å². The minimum Gasteiger partial charge on any atom is -0.399 e. The van der Waals surface area contributed by atoms with Crippen LogP contribution in [0.2, 0.25) is 0 Å². The zero-order chi connectivity index (χ0) is 13.2. The first-order valence-electron chi connectivity index (χ1n) is 5.97. The average molecular weight is 267 g/mol. The lowest BCUT2D eigenvalue weighted by molar-refractivity contribution is 1.10. The number of hydrogen-bond acceptors (Lipinski definition) is 4. The second-order valence-corrected chi connectivity index (χ2v) is 5.44. The lowest BCUT2D eigenvalue weighted by atomic mass is 10.2. The highest BCUT2D eigenvalue weighted by Gasteiger charge is 2.06. The highest BCUT2D eigenvalue weighted by atomic mass is 32.2. The van der Waals surface area contributed by atoms with Gasteiger partial charge in [-0.05, 0) is 37.3 Å². The highest BCUT2D eigenvalue weighted by Crippen LogP contribution is 2.31. The Hall–Kier alpha value is -2.07. The number of aromatic nitrogens is 2. The largest absolute Gasteiger partial charge is 0.399 e. The third-order valence-corrected chi connectivity index (χ3v) is 3.84. The van der Waals surface area contributed by atoms with E-state index in [-0.39, 0.29) is 0 Å². The fourth-order valence-corrected chi connectivity index (χ4v) is 2.92. The molecular formula is C15H13N3S. The van der Waals surface area contributed by atoms with Crippen molar-refractivity contribution >= 4 is 28.4 Å². The Morgan fingerprint density at radius 3 is 2.79 bits per heavy atom. The molecule has 0 aliphatic carbocycles. The summed E-state index contributed by atoms with van der Waals surface area (Å²) >= 11 is 1.65. The first kappa shape index (κ1) is 12.0. The molecule has 0 amide bonds. The number of anilines is 1. The number of nitrogen functional groups attached to an aromatic ring is 1. The van der Waals surface area contributed by atoms with Gasteiger partial charge in [0, 0.05) is 16.0 Å². The van der Waals surface area contributed by atoms with E-state index >= 15 is 0 Å². The maximum Gasteiger partial charge on any atom is 0.117 e. The second kappa shape index (κ2) is 4.90. The van der Waals surface area contributed by atoms with Crippen LogP contribution in [-0.2, 0) is 0 Å². The summed E-state index contributed by atoms with van der Waals surface area (Å²) in [6.07, 6.45) is 1.58. The maximum atomic E-state index is 5.78. The van der Waals surface area contributed by atoms with Crippen LogP contribution in [0.5, 0.6) is 0 Å². The van der Waals surface area contributed by atoms with Crippen molar-refractivity contribution in [3.63, 3.8) is 0 Å². The molecule has 4 heteroatoms. The van der Waals surface area contributed by atoms with Gasteiger partial charge in [0.15, 0.2) is 0 Å². The third kappa shape index (κ3) is 2.53. The van der Waals surface area contributed by atoms with Gasteiger partial charge in [-0.2, -0.15) is 0 Å². The van der Waals surface area contributed by atoms with Crippen molar-refractivity contribution in [3.8, 4) is 0 Å². The minimum atomic E-state index is 0.720. The first-order valence-corrected chi connectivity index (χ1v) is 6.79. The van der Waals surface area contributed by atoms with Crippen LogP contribution >= 0.6 is 11.8 Å². The smallest absolute Gasteiger partial charge is 0.117 e. The quantitative estimate of drug-likeness (QED) is 0.568. The molecule has 94 valence electrons. The second-order valence-electron chi connectivity index (χ2n) is 4.37. The zero-order valence-corrected chi connectivity index (χ0v) is 11.3. The molecule has 0 bridgehead atoms. The summed E-state index contributed by atoms with van der Waals surface area (Å²) in [6, 6.07) is 14.1. The van der Waals surface area contributed by atoms with E-state index in [1.54, 1.807) is 18.1 Å². The van der Waals surface area contributed by atoms with Crippen LogP contribution in [-0.4, -0.2) is 9.97 Å². The molecule has 0 unspecified atom stereocenters. The van der Waals surface area contributed by atoms with E-state index in [1.165, 1.54) is 10.5 Å². The molecule has 0 atom stereocenters. The maximum absolute atomic E-state index is 5.78. The van der Waals surface area contributed by atoms with E-state index in [4.69, 9.17) is 5.73 Å². The molecule has 3 rings (SSSR count). The number of fused-ring (bicyclic) bond motifs is 1. The molecule has 0 saturated heterocycles. The lowest BCUT2D eigenvalue weighted by Gasteiger charge is -2.05. The Kier molecular flexibility index (Phi) is 3.09. The molecule has 2 N–H and O–H groups in total. The monoisotopic (exact) mass is 267 g/mol. The van der Waals surface area contributed by atoms with Crippen LogP contribution < -0.4 is 5.73 Å². The van der Waals surface area contributed by atoms with E-state index in [9.17, 15) is 0 Å². The fraction of sp³-hybridized carbons (Fsp3) is 0.0667. The van der Waals surface area contributed by atoms with Gasteiger partial charge in [0.25, 0.3) is 0 Å². The van der Waals surface area contributed by atoms with Crippen molar-refractivity contribution < 1.29 is 0 Å². The minimum absolute atomic E-state index is 0.720. The first-order chi connectivity index (χ1) is 9.22. The molecular weight excluding hydrogens is 254 g/mol. The van der Waals surface area contributed by atoms with Crippen molar-refractivity contribution in [2.45, 2.75) is 16.8 Å². The predicted molar refractivity (Wildman–Crippen MR) is 79.3 cm³/mol. The van der Waals surface area contributed by atoms with Gasteiger partial charge in [-0.3, -0.25) is 0 Å². The average Bonchev–Trinajstić information content (AvgIpc) is 2.38. The fourth-order valence-electron chi connectivity index (χ4n) is 1.92. The summed E-state index contributed by atoms with van der Waals surface area (Å²) in [5.41, 5.74) is 8.62. The summed E-state index contributed by atoms with van der Waals surface area (Å²) in [4.78, 5) is 9.81. The van der Waals surface area contributed by atoms with E-state index in [1.807, 2.05) is 18.2 Å². The summed E-state index contributed by atoms with van der Waals surface area (Å²) in [5.74, 6) is 0. The SMILES string of the molecule is Cc1cccc(Sc2ncnc3cc(N)ccc23)c1. The summed E-state index contributed by atoms with van der Waals surface area (Å²) in [6.45, 7) is 2.09. The number of benzene rings is 2. The number of aryl methyl sites for hydroxylation is 1. The third-order valence-electron chi connectivity index (χ3n) is 2.83. The standard InChI is InChI=1S/C15H13N3S/c1-10-3-2-4-12(7-10)19-15-13-6-5-11(16)8-14(13)17-9-18-15/h2-9H,16H2,1H3. The molecule has 0 aliphatic heterocycles. The Labute approximate surface area is 115 Å². The Bertz CT molecular complexity index is 740. The number of nitrogens with two attached hydrogens (primary N) is 1. The summed E-state index contributed by atoms with van der Waals surface area (Å²) < 4.78 is 0. The summed E-state index contributed by atoms with van der Waals surface area (Å²) in [5, 5.41) is 1.99. The molecule has 1 heterocycles. The van der Waals surface area contributed by atoms with Crippen LogP contribution in [0.15, 0.2) is 58.7 Å². The molecule has 0 fully saturated rings. The predicted octanol–water partition coefficient (Wildman–Crippen LogP) is 3.67. The molecule has 0 spiro atoms. The van der Waals surface area contributed by atoms with Crippen LogP contribution in [0.1, 0.15) is 5.56 Å². The number of hydrogen-bond donors (Lipinski definition) is 1. The molecule has 2 aromatic carbocycles. The molecule has 3 aromatic rings. The van der Waals surface area contributed by atoms with E-state index in [2.05, 4.69) is 41.2 Å². The van der Waals surface area contributed by atoms with E-state index in [0.717, 1.165) is 21.6 Å². The number of rotatable bonds is 2. The van der Waals surface area contributed by atoms with Gasteiger partial charge in [-0.15, -0.1) is 0 Å². The number of nitrogens with zero attached hydrogens (tertiary/aromatic N) is 2. The molecule has 19 heavy (non-hydrogen) atoms. The van der Waals surface area contributed by atoms with Crippen molar-refractivity contribution in [2.24, 2.45) is 0 Å². The molecule has 3 nitrogen and oxygen atoms in total. The van der Waals surface area contributed by atoms with Gasteiger partial charge in [0.2, 0.25) is 0 Å². The zero-order valence-electron chi connectivity index (χ0n) is 10.5. The van der Waals surface area contributed by atoms with Crippen LogP contribution in [0.4, 0.5) is 5.69 Å². The Balaban J connectivity index is 2.06. The van der Waals surface area contributed by atoms with Gasteiger partial charge >= 0.3 is 0 Å². The lowest BCUT2D eigenvalue weighted by Crippen LogP contribution is -1.90. The van der Waals surface area contributed by atoms with Crippen LogP contribution in [0.25, 0.3) is 10.9 Å². The van der Waals surface area contributed by atoms with Gasteiger partial charge < -0.3 is 5.73 Å². The van der Waals surface area contributed by atoms with Gasteiger partial charge in [0.1, 0.15) is 11.4 Å².